The van der Waals surface area contributed by atoms with Crippen molar-refractivity contribution < 1.29 is 4.79 Å². The number of allylic oxidation sites excluding steroid dienone is 2. The van der Waals surface area contributed by atoms with E-state index in [9.17, 15) is 4.79 Å². The third-order valence-corrected chi connectivity index (χ3v) is 20.2. The minimum atomic E-state index is -2.65. The van der Waals surface area contributed by atoms with Gasteiger partial charge in [-0.2, -0.15) is 0 Å². The Bertz CT molecular complexity index is 313. The van der Waals surface area contributed by atoms with Crippen LogP contribution in [0.2, 0.25) is 13.3 Å². The van der Waals surface area contributed by atoms with Gasteiger partial charge in [-0.25, -0.2) is 0 Å². The number of carbonyl (C=O) groups is 1. The van der Waals surface area contributed by atoms with Gasteiger partial charge in [0.05, 0.1) is 0 Å². The predicted octanol–water partition coefficient (Wildman–Crippen LogP) is 8.25. The molecule has 0 fully saturated rings. The van der Waals surface area contributed by atoms with E-state index in [-0.39, 0.29) is 0 Å². The Labute approximate surface area is 163 Å². The van der Waals surface area contributed by atoms with Gasteiger partial charge in [0.1, 0.15) is 0 Å². The van der Waals surface area contributed by atoms with Crippen molar-refractivity contribution in [3.05, 3.63) is 12.2 Å². The van der Waals surface area contributed by atoms with Crippen LogP contribution in [0.3, 0.4) is 0 Å². The van der Waals surface area contributed by atoms with Crippen LogP contribution < -0.4 is 0 Å². The number of hydrogen-bond donors (Lipinski definition) is 0. The van der Waals surface area contributed by atoms with Crippen molar-refractivity contribution >= 4 is 22.2 Å². The first-order valence-electron chi connectivity index (χ1n) is 11.4. The van der Waals surface area contributed by atoms with Crippen LogP contribution in [0, 0.1) is 0 Å². The van der Waals surface area contributed by atoms with Gasteiger partial charge in [-0.15, -0.1) is 0 Å². The zero-order chi connectivity index (χ0) is 18.8. The Morgan fingerprint density at radius 2 is 1.08 bits per heavy atom. The molecule has 0 aliphatic rings. The van der Waals surface area contributed by atoms with Gasteiger partial charge in [-0.1, -0.05) is 0 Å². The SMILES string of the molecule is CCCCCCCC/C=C/[C](=O)[Sn]([CH2]CCC)([CH2]CCC)[CH2]CCC. The molecule has 0 bridgehead atoms. The van der Waals surface area contributed by atoms with E-state index in [1.54, 1.807) is 0 Å². The molecule has 0 aliphatic carbocycles. The molecule has 0 heterocycles. The maximum atomic E-state index is 13.2. The molecule has 0 aromatic rings. The third kappa shape index (κ3) is 12.3. The van der Waals surface area contributed by atoms with Crippen molar-refractivity contribution in [2.75, 3.05) is 0 Å². The number of carbonyl (C=O) groups excluding carboxylic acids is 1. The molecular formula is C23H46OSn. The summed E-state index contributed by atoms with van der Waals surface area (Å²) in [5.74, 6) is 0. The fraction of sp³-hybridized carbons (Fsp3) is 0.870. The molecule has 0 spiro atoms. The van der Waals surface area contributed by atoms with E-state index in [2.05, 4.69) is 33.8 Å². The first kappa shape index (κ1) is 25.2. The number of rotatable bonds is 18. The molecule has 0 radical (unpaired) electrons. The van der Waals surface area contributed by atoms with Gasteiger partial charge in [0.25, 0.3) is 0 Å². The van der Waals surface area contributed by atoms with E-state index in [1.807, 2.05) is 6.08 Å². The van der Waals surface area contributed by atoms with Crippen LogP contribution in [0.25, 0.3) is 0 Å². The molecule has 2 heteroatoms. The van der Waals surface area contributed by atoms with Gasteiger partial charge in [0.15, 0.2) is 0 Å². The Morgan fingerprint density at radius 3 is 1.56 bits per heavy atom. The van der Waals surface area contributed by atoms with Gasteiger partial charge in [-0.05, 0) is 0 Å². The zero-order valence-corrected chi connectivity index (χ0v) is 20.7. The van der Waals surface area contributed by atoms with Crippen LogP contribution >= 0.6 is 0 Å². The summed E-state index contributed by atoms with van der Waals surface area (Å²) in [6.07, 6.45) is 20.9. The molecular weight excluding hydrogens is 411 g/mol. The molecule has 0 saturated heterocycles. The van der Waals surface area contributed by atoms with Crippen molar-refractivity contribution in [2.45, 2.75) is 124 Å². The molecule has 148 valence electrons. The summed E-state index contributed by atoms with van der Waals surface area (Å²) in [5.41, 5.74) is 0. The molecule has 25 heavy (non-hydrogen) atoms. The summed E-state index contributed by atoms with van der Waals surface area (Å²) < 4.78 is 4.53. The minimum absolute atomic E-state index is 0.635. The third-order valence-electron chi connectivity index (χ3n) is 5.54. The Morgan fingerprint density at radius 1 is 0.640 bits per heavy atom. The van der Waals surface area contributed by atoms with Crippen LogP contribution in [-0.4, -0.2) is 22.2 Å². The molecule has 0 unspecified atom stereocenters. The monoisotopic (exact) mass is 458 g/mol. The summed E-state index contributed by atoms with van der Waals surface area (Å²) >= 11 is -2.65. The summed E-state index contributed by atoms with van der Waals surface area (Å²) in [5, 5.41) is 0. The molecule has 0 atom stereocenters. The van der Waals surface area contributed by atoms with Crippen LogP contribution in [0.4, 0.5) is 0 Å². The summed E-state index contributed by atoms with van der Waals surface area (Å²) in [4.78, 5) is 13.2. The standard InChI is InChI=1S/C11H19O.3C4H9.Sn/c1-2-3-4-5-6-7-8-9-10-11-12;3*1-3-4-2;/h9-10H,2-8H2,1H3;3*1,3-4H2,2H3;/b10-9+;;;;. The topological polar surface area (TPSA) is 17.1 Å². The van der Waals surface area contributed by atoms with Crippen molar-refractivity contribution in [3.8, 4) is 0 Å². The van der Waals surface area contributed by atoms with Crippen LogP contribution in [0.1, 0.15) is 111 Å². The van der Waals surface area contributed by atoms with Crippen molar-refractivity contribution in [2.24, 2.45) is 0 Å². The van der Waals surface area contributed by atoms with E-state index in [1.165, 1.54) is 90.4 Å². The predicted molar refractivity (Wildman–Crippen MR) is 117 cm³/mol. The molecule has 0 aromatic carbocycles. The van der Waals surface area contributed by atoms with Crippen LogP contribution in [-0.2, 0) is 4.79 Å². The second-order valence-electron chi connectivity index (χ2n) is 7.91. The van der Waals surface area contributed by atoms with Crippen molar-refractivity contribution in [3.63, 3.8) is 0 Å². The van der Waals surface area contributed by atoms with E-state index in [0.717, 1.165) is 6.42 Å². The zero-order valence-electron chi connectivity index (χ0n) is 17.9. The van der Waals surface area contributed by atoms with E-state index in [0.29, 0.717) is 3.80 Å². The van der Waals surface area contributed by atoms with Gasteiger partial charge >= 0.3 is 164 Å². The van der Waals surface area contributed by atoms with Crippen LogP contribution in [0.15, 0.2) is 12.2 Å². The molecule has 0 N–H and O–H groups in total. The van der Waals surface area contributed by atoms with Crippen molar-refractivity contribution in [1.29, 1.82) is 0 Å². The fourth-order valence-corrected chi connectivity index (χ4v) is 18.1. The Kier molecular flexibility index (Phi) is 17.8. The average Bonchev–Trinajstić information content (AvgIpc) is 2.63. The molecule has 0 aliphatic heterocycles. The van der Waals surface area contributed by atoms with E-state index >= 15 is 0 Å². The van der Waals surface area contributed by atoms with Gasteiger partial charge in [0, 0.05) is 0 Å². The summed E-state index contributed by atoms with van der Waals surface area (Å²) in [7, 11) is 0. The molecule has 0 saturated carbocycles. The Balaban J connectivity index is 4.57. The second-order valence-corrected chi connectivity index (χ2v) is 20.9. The second kappa shape index (κ2) is 17.6. The molecule has 0 aromatic heterocycles. The molecule has 0 rings (SSSR count). The van der Waals surface area contributed by atoms with E-state index < -0.39 is 18.4 Å². The summed E-state index contributed by atoms with van der Waals surface area (Å²) in [6.45, 7) is 9.08. The molecule has 1 nitrogen and oxygen atoms in total. The van der Waals surface area contributed by atoms with Gasteiger partial charge in [-0.3, -0.25) is 0 Å². The van der Waals surface area contributed by atoms with Crippen molar-refractivity contribution in [1.82, 2.24) is 0 Å². The quantitative estimate of drug-likeness (QED) is 0.115. The first-order chi connectivity index (χ1) is 12.2. The maximum absolute atomic E-state index is 13.2. The average molecular weight is 457 g/mol. The van der Waals surface area contributed by atoms with Gasteiger partial charge in [0.2, 0.25) is 0 Å². The normalized spacial score (nSPS) is 12.2. The first-order valence-corrected chi connectivity index (χ1v) is 18.9. The van der Waals surface area contributed by atoms with E-state index in [4.69, 9.17) is 0 Å². The Hall–Kier alpha value is 0.209. The van der Waals surface area contributed by atoms with Gasteiger partial charge < -0.3 is 0 Å². The number of hydrogen-bond acceptors (Lipinski definition) is 1. The summed E-state index contributed by atoms with van der Waals surface area (Å²) in [6, 6.07) is 0. The van der Waals surface area contributed by atoms with Crippen LogP contribution in [0.5, 0.6) is 0 Å². The number of unbranched alkanes of at least 4 members (excludes halogenated alkanes) is 9. The molecule has 0 amide bonds. The fourth-order valence-electron chi connectivity index (χ4n) is 3.70.